The fourth-order valence-electron chi connectivity index (χ4n) is 2.88. The summed E-state index contributed by atoms with van der Waals surface area (Å²) in [6.45, 7) is 0. The molecule has 3 aromatic carbocycles. The molecule has 0 fully saturated rings. The molecule has 6 heteroatoms. The Hall–Kier alpha value is -3.08. The Morgan fingerprint density at radius 3 is 2.57 bits per heavy atom. The van der Waals surface area contributed by atoms with Crippen molar-refractivity contribution in [3.8, 4) is 11.1 Å². The summed E-state index contributed by atoms with van der Waals surface area (Å²) < 4.78 is 5.38. The summed E-state index contributed by atoms with van der Waals surface area (Å²) in [6, 6.07) is 20.6. The molecule has 0 unspecified atom stereocenters. The molecular formula is C22H13Cl2NO3. The normalized spacial score (nSPS) is 10.8. The highest BCUT2D eigenvalue weighted by molar-refractivity contribution is 6.35. The van der Waals surface area contributed by atoms with Crippen molar-refractivity contribution in [3.63, 3.8) is 0 Å². The van der Waals surface area contributed by atoms with Crippen molar-refractivity contribution < 1.29 is 9.21 Å². The maximum Gasteiger partial charge on any atom is 0.344 e. The van der Waals surface area contributed by atoms with Crippen molar-refractivity contribution in [3.05, 3.63) is 98.8 Å². The molecule has 4 nitrogen and oxygen atoms in total. The fourth-order valence-corrected chi connectivity index (χ4v) is 3.22. The smallest absolute Gasteiger partial charge is 0.344 e. The van der Waals surface area contributed by atoms with Gasteiger partial charge in [0.1, 0.15) is 5.58 Å². The molecule has 0 saturated carbocycles. The van der Waals surface area contributed by atoms with Gasteiger partial charge in [-0.15, -0.1) is 0 Å². The summed E-state index contributed by atoms with van der Waals surface area (Å²) in [6.07, 6.45) is 0. The van der Waals surface area contributed by atoms with Crippen LogP contribution in [0.3, 0.4) is 0 Å². The monoisotopic (exact) mass is 409 g/mol. The van der Waals surface area contributed by atoms with Crippen LogP contribution in [0.5, 0.6) is 0 Å². The highest BCUT2D eigenvalue weighted by Crippen LogP contribution is 2.27. The number of fused-ring (bicyclic) bond motifs is 1. The van der Waals surface area contributed by atoms with Crippen LogP contribution in [0.4, 0.5) is 5.69 Å². The molecule has 1 N–H and O–H groups in total. The number of hydrogen-bond acceptors (Lipinski definition) is 3. The zero-order valence-corrected chi connectivity index (χ0v) is 15.9. The van der Waals surface area contributed by atoms with Gasteiger partial charge in [-0.3, -0.25) is 4.79 Å². The van der Waals surface area contributed by atoms with Crippen molar-refractivity contribution in [1.29, 1.82) is 0 Å². The second-order valence-corrected chi connectivity index (χ2v) is 6.99. The molecule has 4 aromatic rings. The van der Waals surface area contributed by atoms with Gasteiger partial charge in [0.25, 0.3) is 5.91 Å². The molecule has 138 valence electrons. The summed E-state index contributed by atoms with van der Waals surface area (Å²) in [7, 11) is 0. The topological polar surface area (TPSA) is 59.3 Å². The highest BCUT2D eigenvalue weighted by atomic mass is 35.5. The van der Waals surface area contributed by atoms with E-state index in [1.165, 1.54) is 0 Å². The van der Waals surface area contributed by atoms with Crippen LogP contribution in [-0.2, 0) is 0 Å². The van der Waals surface area contributed by atoms with Crippen molar-refractivity contribution in [2.75, 3.05) is 5.32 Å². The number of anilines is 1. The summed E-state index contributed by atoms with van der Waals surface area (Å²) in [5.74, 6) is -0.365. The van der Waals surface area contributed by atoms with Crippen LogP contribution >= 0.6 is 23.2 Å². The molecule has 1 heterocycles. The first-order chi connectivity index (χ1) is 13.5. The number of para-hydroxylation sites is 1. The number of carbonyl (C=O) groups is 1. The van der Waals surface area contributed by atoms with Crippen LogP contribution in [0.1, 0.15) is 10.4 Å². The van der Waals surface area contributed by atoms with E-state index in [0.717, 1.165) is 5.39 Å². The van der Waals surface area contributed by atoms with Crippen LogP contribution < -0.4 is 10.9 Å². The molecular weight excluding hydrogens is 397 g/mol. The number of benzene rings is 3. The summed E-state index contributed by atoms with van der Waals surface area (Å²) in [5, 5.41) is 4.38. The van der Waals surface area contributed by atoms with Crippen molar-refractivity contribution >= 4 is 45.8 Å². The van der Waals surface area contributed by atoms with Gasteiger partial charge in [0.15, 0.2) is 0 Å². The standard InChI is InChI=1S/C22H13Cl2NO3/c23-16-8-9-18(24)19(12-16)25-21(26)15-6-3-5-13(10-15)17-11-14-4-1-2-7-20(14)28-22(17)27/h1-12H,(H,25,26). The van der Waals surface area contributed by atoms with E-state index in [4.69, 9.17) is 27.6 Å². The first-order valence-corrected chi connectivity index (χ1v) is 9.16. The quantitative estimate of drug-likeness (QED) is 0.420. The number of hydrogen-bond donors (Lipinski definition) is 1. The first-order valence-electron chi connectivity index (χ1n) is 8.41. The molecule has 0 radical (unpaired) electrons. The molecule has 0 bridgehead atoms. The molecule has 0 atom stereocenters. The largest absolute Gasteiger partial charge is 0.422 e. The lowest BCUT2D eigenvalue weighted by atomic mass is 10.0. The van der Waals surface area contributed by atoms with E-state index in [1.807, 2.05) is 12.1 Å². The lowest BCUT2D eigenvalue weighted by Gasteiger charge is -2.09. The van der Waals surface area contributed by atoms with E-state index in [-0.39, 0.29) is 5.91 Å². The van der Waals surface area contributed by atoms with Gasteiger partial charge in [0, 0.05) is 16.0 Å². The fraction of sp³-hybridized carbons (Fsp3) is 0. The lowest BCUT2D eigenvalue weighted by Crippen LogP contribution is -2.12. The van der Waals surface area contributed by atoms with Crippen LogP contribution in [0.25, 0.3) is 22.1 Å². The van der Waals surface area contributed by atoms with Gasteiger partial charge in [-0.2, -0.15) is 0 Å². The highest BCUT2D eigenvalue weighted by Gasteiger charge is 2.13. The minimum absolute atomic E-state index is 0.365. The van der Waals surface area contributed by atoms with Crippen molar-refractivity contribution in [2.24, 2.45) is 0 Å². The number of nitrogens with one attached hydrogen (secondary N) is 1. The first kappa shape index (κ1) is 18.3. The molecule has 0 spiro atoms. The molecule has 0 aliphatic rings. The number of amides is 1. The molecule has 0 aliphatic carbocycles. The zero-order valence-electron chi connectivity index (χ0n) is 14.4. The Balaban J connectivity index is 1.70. The van der Waals surface area contributed by atoms with E-state index in [0.29, 0.717) is 38.0 Å². The third-order valence-electron chi connectivity index (χ3n) is 4.25. The summed E-state index contributed by atoms with van der Waals surface area (Å²) >= 11 is 12.1. The Kier molecular flexibility index (Phi) is 4.90. The second kappa shape index (κ2) is 7.50. The van der Waals surface area contributed by atoms with Crippen LogP contribution in [0.2, 0.25) is 10.0 Å². The second-order valence-electron chi connectivity index (χ2n) is 6.14. The van der Waals surface area contributed by atoms with Gasteiger partial charge in [0.05, 0.1) is 16.3 Å². The number of halogens is 2. The Bertz CT molecular complexity index is 1260. The van der Waals surface area contributed by atoms with Gasteiger partial charge >= 0.3 is 5.63 Å². The van der Waals surface area contributed by atoms with E-state index in [1.54, 1.807) is 60.7 Å². The minimum Gasteiger partial charge on any atom is -0.422 e. The lowest BCUT2D eigenvalue weighted by molar-refractivity contribution is 0.102. The average Bonchev–Trinajstić information content (AvgIpc) is 2.70. The Morgan fingerprint density at radius 1 is 0.893 bits per heavy atom. The third kappa shape index (κ3) is 3.65. The van der Waals surface area contributed by atoms with Crippen molar-refractivity contribution in [1.82, 2.24) is 0 Å². The van der Waals surface area contributed by atoms with E-state index in [9.17, 15) is 9.59 Å². The predicted molar refractivity (Wildman–Crippen MR) is 112 cm³/mol. The predicted octanol–water partition coefficient (Wildman–Crippen LogP) is 6.02. The maximum atomic E-state index is 12.6. The van der Waals surface area contributed by atoms with Gasteiger partial charge in [-0.1, -0.05) is 53.5 Å². The van der Waals surface area contributed by atoms with E-state index < -0.39 is 5.63 Å². The minimum atomic E-state index is -0.464. The van der Waals surface area contributed by atoms with Crippen molar-refractivity contribution in [2.45, 2.75) is 0 Å². The van der Waals surface area contributed by atoms with Gasteiger partial charge in [-0.05, 0) is 48.0 Å². The van der Waals surface area contributed by atoms with Crippen LogP contribution in [0, 0.1) is 0 Å². The van der Waals surface area contributed by atoms with Gasteiger partial charge in [0.2, 0.25) is 0 Å². The molecule has 1 aromatic heterocycles. The zero-order chi connectivity index (χ0) is 19.7. The van der Waals surface area contributed by atoms with Gasteiger partial charge < -0.3 is 9.73 Å². The molecule has 28 heavy (non-hydrogen) atoms. The molecule has 0 saturated heterocycles. The van der Waals surface area contributed by atoms with Gasteiger partial charge in [-0.25, -0.2) is 4.79 Å². The van der Waals surface area contributed by atoms with E-state index in [2.05, 4.69) is 5.32 Å². The molecule has 4 rings (SSSR count). The number of rotatable bonds is 3. The Labute approximate surface area is 170 Å². The molecule has 1 amide bonds. The van der Waals surface area contributed by atoms with Crippen LogP contribution in [-0.4, -0.2) is 5.91 Å². The molecule has 0 aliphatic heterocycles. The summed E-state index contributed by atoms with van der Waals surface area (Å²) in [4.78, 5) is 25.0. The average molecular weight is 410 g/mol. The third-order valence-corrected chi connectivity index (χ3v) is 4.82. The number of carbonyl (C=O) groups excluding carboxylic acids is 1. The van der Waals surface area contributed by atoms with E-state index >= 15 is 0 Å². The maximum absolute atomic E-state index is 12.6. The Morgan fingerprint density at radius 2 is 1.71 bits per heavy atom. The van der Waals surface area contributed by atoms with Crippen LogP contribution in [0.15, 0.2) is 82.0 Å². The summed E-state index contributed by atoms with van der Waals surface area (Å²) in [5.41, 5.74) is 1.81. The SMILES string of the molecule is O=C(Nc1cc(Cl)ccc1Cl)c1cccc(-c2cc3ccccc3oc2=O)c1.